The molecule has 0 aliphatic rings. The lowest BCUT2D eigenvalue weighted by Gasteiger charge is -2.30. The van der Waals surface area contributed by atoms with Crippen LogP contribution in [0.5, 0.6) is 0 Å². The minimum absolute atomic E-state index is 0.0250. The van der Waals surface area contributed by atoms with Crippen LogP contribution in [-0.2, 0) is 14.8 Å². The monoisotopic (exact) mass is 307 g/mol. The lowest BCUT2D eigenvalue weighted by atomic mass is 9.86. The maximum Gasteiger partial charge on any atom is 0.211 e. The molecule has 4 nitrogen and oxygen atoms in total. The highest BCUT2D eigenvalue weighted by atomic mass is 32.2. The molecule has 0 spiro atoms. The predicted molar refractivity (Wildman–Crippen MR) is 85.3 cm³/mol. The van der Waals surface area contributed by atoms with Crippen molar-refractivity contribution in [2.24, 2.45) is 10.8 Å². The second kappa shape index (κ2) is 7.76. The zero-order valence-corrected chi connectivity index (χ0v) is 15.1. The first kappa shape index (κ1) is 19.9. The number of rotatable bonds is 8. The van der Waals surface area contributed by atoms with Crippen molar-refractivity contribution in [1.82, 2.24) is 4.72 Å². The van der Waals surface area contributed by atoms with Gasteiger partial charge < -0.3 is 4.74 Å². The van der Waals surface area contributed by atoms with E-state index >= 15 is 0 Å². The first-order chi connectivity index (χ1) is 8.87. The summed E-state index contributed by atoms with van der Waals surface area (Å²) < 4.78 is 32.4. The van der Waals surface area contributed by atoms with E-state index in [9.17, 15) is 8.42 Å². The van der Waals surface area contributed by atoms with Crippen molar-refractivity contribution >= 4 is 10.0 Å². The summed E-state index contributed by atoms with van der Waals surface area (Å²) in [6, 6.07) is -0.0250. The van der Waals surface area contributed by atoms with E-state index < -0.39 is 10.0 Å². The molecule has 0 aliphatic heterocycles. The molecule has 1 unspecified atom stereocenters. The second-order valence-electron chi connectivity index (χ2n) is 7.73. The maximum atomic E-state index is 12.0. The molecule has 0 bridgehead atoms. The average molecular weight is 308 g/mol. The molecule has 5 heteroatoms. The van der Waals surface area contributed by atoms with Gasteiger partial charge in [-0.25, -0.2) is 13.1 Å². The van der Waals surface area contributed by atoms with Gasteiger partial charge in [-0.05, 0) is 23.7 Å². The van der Waals surface area contributed by atoms with E-state index in [1.54, 1.807) is 0 Å². The molecule has 20 heavy (non-hydrogen) atoms. The minimum Gasteiger partial charge on any atom is -0.381 e. The van der Waals surface area contributed by atoms with Crippen LogP contribution in [0.15, 0.2) is 0 Å². The smallest absolute Gasteiger partial charge is 0.211 e. The molecule has 0 saturated heterocycles. The Morgan fingerprint density at radius 1 is 1.10 bits per heavy atom. The molecule has 0 rings (SSSR count). The molecule has 0 fully saturated rings. The summed E-state index contributed by atoms with van der Waals surface area (Å²) in [5.74, 6) is 0.129. The fourth-order valence-electron chi connectivity index (χ4n) is 1.88. The fourth-order valence-corrected chi connectivity index (χ4v) is 3.45. The van der Waals surface area contributed by atoms with Crippen LogP contribution in [-0.4, -0.2) is 33.4 Å². The largest absolute Gasteiger partial charge is 0.381 e. The highest BCUT2D eigenvalue weighted by Gasteiger charge is 2.27. The van der Waals surface area contributed by atoms with Crippen LogP contribution in [0.1, 0.15) is 61.3 Å². The number of nitrogens with one attached hydrogen (secondary N) is 1. The molecule has 0 aliphatic carbocycles. The third kappa shape index (κ3) is 9.72. The Kier molecular flexibility index (Phi) is 7.71. The minimum atomic E-state index is -3.22. The molecule has 122 valence electrons. The quantitative estimate of drug-likeness (QED) is 0.701. The predicted octanol–water partition coefficient (Wildman–Crippen LogP) is 3.18. The number of hydrogen-bond acceptors (Lipinski definition) is 3. The van der Waals surface area contributed by atoms with Crippen molar-refractivity contribution in [3.8, 4) is 0 Å². The SMILES string of the molecule is CCC(NS(=O)(=O)CCCOCC(C)(C)C)C(C)(C)C. The normalized spacial score (nSPS) is 15.3. The van der Waals surface area contributed by atoms with Gasteiger partial charge in [0.1, 0.15) is 0 Å². The van der Waals surface area contributed by atoms with Crippen molar-refractivity contribution in [3.05, 3.63) is 0 Å². The topological polar surface area (TPSA) is 55.4 Å². The Labute approximate surface area is 125 Å². The second-order valence-corrected chi connectivity index (χ2v) is 9.60. The molecule has 0 aromatic carbocycles. The molecular weight excluding hydrogens is 274 g/mol. The van der Waals surface area contributed by atoms with E-state index in [0.29, 0.717) is 19.6 Å². The third-order valence-electron chi connectivity index (χ3n) is 3.01. The van der Waals surface area contributed by atoms with Gasteiger partial charge in [-0.1, -0.05) is 48.5 Å². The van der Waals surface area contributed by atoms with Gasteiger partial charge in [0.15, 0.2) is 0 Å². The standard InChI is InChI=1S/C15H33NO3S/c1-8-13(15(5,6)7)16-20(17,18)11-9-10-19-12-14(2,3)4/h13,16H,8-12H2,1-7H3. The summed E-state index contributed by atoms with van der Waals surface area (Å²) in [7, 11) is -3.22. The van der Waals surface area contributed by atoms with E-state index in [1.807, 2.05) is 6.92 Å². The lowest BCUT2D eigenvalue weighted by molar-refractivity contribution is 0.0720. The van der Waals surface area contributed by atoms with Crippen LogP contribution in [0.4, 0.5) is 0 Å². The Balaban J connectivity index is 4.14. The van der Waals surface area contributed by atoms with Crippen molar-refractivity contribution in [2.75, 3.05) is 19.0 Å². The van der Waals surface area contributed by atoms with Crippen LogP contribution in [0, 0.1) is 10.8 Å². The fraction of sp³-hybridized carbons (Fsp3) is 1.00. The Morgan fingerprint density at radius 2 is 1.65 bits per heavy atom. The first-order valence-corrected chi connectivity index (χ1v) is 9.10. The first-order valence-electron chi connectivity index (χ1n) is 7.45. The van der Waals surface area contributed by atoms with Gasteiger partial charge in [0.2, 0.25) is 10.0 Å². The average Bonchev–Trinajstić information content (AvgIpc) is 2.22. The van der Waals surface area contributed by atoms with Crippen molar-refractivity contribution in [2.45, 2.75) is 67.3 Å². The summed E-state index contributed by atoms with van der Waals surface area (Å²) in [6.45, 7) is 15.6. The molecule has 0 saturated carbocycles. The summed E-state index contributed by atoms with van der Waals surface area (Å²) in [4.78, 5) is 0. The molecule has 0 amide bonds. The zero-order valence-electron chi connectivity index (χ0n) is 14.2. The summed E-state index contributed by atoms with van der Waals surface area (Å²) >= 11 is 0. The number of ether oxygens (including phenoxy) is 1. The Bertz CT molecular complexity index is 364. The molecule has 0 heterocycles. The maximum absolute atomic E-state index is 12.0. The van der Waals surface area contributed by atoms with Gasteiger partial charge >= 0.3 is 0 Å². The summed E-state index contributed by atoms with van der Waals surface area (Å²) in [5, 5.41) is 0. The van der Waals surface area contributed by atoms with Crippen LogP contribution in [0.25, 0.3) is 0 Å². The van der Waals surface area contributed by atoms with Crippen LogP contribution in [0.3, 0.4) is 0 Å². The lowest BCUT2D eigenvalue weighted by Crippen LogP contribution is -2.44. The Morgan fingerprint density at radius 3 is 2.05 bits per heavy atom. The van der Waals surface area contributed by atoms with Gasteiger partial charge in [-0.2, -0.15) is 0 Å². The summed E-state index contributed by atoms with van der Waals surface area (Å²) in [6.07, 6.45) is 1.33. The van der Waals surface area contributed by atoms with E-state index in [0.717, 1.165) is 6.42 Å². The van der Waals surface area contributed by atoms with Crippen LogP contribution in [0.2, 0.25) is 0 Å². The van der Waals surface area contributed by atoms with Gasteiger partial charge in [-0.15, -0.1) is 0 Å². The van der Waals surface area contributed by atoms with Crippen LogP contribution < -0.4 is 4.72 Å². The van der Waals surface area contributed by atoms with Gasteiger partial charge in [0.25, 0.3) is 0 Å². The van der Waals surface area contributed by atoms with E-state index in [2.05, 4.69) is 46.3 Å². The van der Waals surface area contributed by atoms with Gasteiger partial charge in [-0.3, -0.25) is 0 Å². The van der Waals surface area contributed by atoms with E-state index in [-0.39, 0.29) is 22.6 Å². The van der Waals surface area contributed by atoms with Gasteiger partial charge in [0, 0.05) is 12.6 Å². The van der Waals surface area contributed by atoms with Crippen LogP contribution >= 0.6 is 0 Å². The van der Waals surface area contributed by atoms with Gasteiger partial charge in [0.05, 0.1) is 12.4 Å². The molecular formula is C15H33NO3S. The summed E-state index contributed by atoms with van der Waals surface area (Å²) in [5.41, 5.74) is 0.0568. The molecule has 0 radical (unpaired) electrons. The highest BCUT2D eigenvalue weighted by Crippen LogP contribution is 2.22. The van der Waals surface area contributed by atoms with E-state index in [1.165, 1.54) is 0 Å². The zero-order chi connectivity index (χ0) is 16.0. The molecule has 1 N–H and O–H groups in total. The highest BCUT2D eigenvalue weighted by molar-refractivity contribution is 7.89. The molecule has 0 aromatic heterocycles. The molecule has 0 aromatic rings. The van der Waals surface area contributed by atoms with E-state index in [4.69, 9.17) is 4.74 Å². The number of hydrogen-bond donors (Lipinski definition) is 1. The van der Waals surface area contributed by atoms with Crippen molar-refractivity contribution < 1.29 is 13.2 Å². The third-order valence-corrected chi connectivity index (χ3v) is 4.48. The van der Waals surface area contributed by atoms with Crippen molar-refractivity contribution in [1.29, 1.82) is 0 Å². The number of sulfonamides is 1. The van der Waals surface area contributed by atoms with Crippen molar-refractivity contribution in [3.63, 3.8) is 0 Å². The molecule has 1 atom stereocenters. The Hall–Kier alpha value is -0.130.